The molecule has 0 amide bonds. The Morgan fingerprint density at radius 2 is 1.92 bits per heavy atom. The van der Waals surface area contributed by atoms with E-state index in [1.165, 1.54) is 6.08 Å². The van der Waals surface area contributed by atoms with E-state index in [1.807, 2.05) is 0 Å². The Morgan fingerprint density at radius 3 is 2.42 bits per heavy atom. The molecule has 0 saturated heterocycles. The first-order chi connectivity index (χ1) is 12.0. The fraction of sp³-hybridized carbons (Fsp3) is 0.850. The van der Waals surface area contributed by atoms with Gasteiger partial charge in [-0.15, -0.1) is 0 Å². The van der Waals surface area contributed by atoms with E-state index < -0.39 is 30.3 Å². The molecule has 0 aromatic carbocycles. The molecule has 6 heteroatoms. The average Bonchev–Trinajstić information content (AvgIpc) is 3.26. The molecule has 3 nitrogen and oxygen atoms in total. The summed E-state index contributed by atoms with van der Waals surface area (Å²) < 4.78 is 52.3. The highest BCUT2D eigenvalue weighted by Crippen LogP contribution is 2.64. The van der Waals surface area contributed by atoms with Gasteiger partial charge in [-0.3, -0.25) is 4.79 Å². The predicted molar refractivity (Wildman–Crippen MR) is 88.9 cm³/mol. The van der Waals surface area contributed by atoms with Crippen LogP contribution in [-0.4, -0.2) is 25.0 Å². The van der Waals surface area contributed by atoms with Crippen molar-refractivity contribution in [2.75, 3.05) is 6.79 Å². The zero-order valence-electron chi connectivity index (χ0n) is 15.6. The van der Waals surface area contributed by atoms with Gasteiger partial charge in [0.2, 0.25) is 0 Å². The number of rotatable bonds is 4. The molecule has 3 saturated carbocycles. The number of hydrogen-bond acceptors (Lipinski definition) is 3. The third-order valence-electron chi connectivity index (χ3n) is 7.82. The summed E-state index contributed by atoms with van der Waals surface area (Å²) in [6.45, 7) is 6.07. The van der Waals surface area contributed by atoms with E-state index in [1.54, 1.807) is 6.08 Å². The molecule has 6 unspecified atom stereocenters. The van der Waals surface area contributed by atoms with Crippen molar-refractivity contribution in [2.24, 2.45) is 34.0 Å². The van der Waals surface area contributed by atoms with Gasteiger partial charge in [-0.1, -0.05) is 32.9 Å². The molecule has 3 fully saturated rings. The number of esters is 1. The summed E-state index contributed by atoms with van der Waals surface area (Å²) in [6, 6.07) is 0. The second-order valence-electron chi connectivity index (χ2n) is 9.67. The SMILES string of the molecule is CC12CCC(C1)C(C)(C)C2OCOC(=O)C1(C(F)(F)F)CC2C=CC1C2. The average molecular weight is 372 g/mol. The van der Waals surface area contributed by atoms with Crippen LogP contribution in [0, 0.1) is 34.0 Å². The van der Waals surface area contributed by atoms with Crippen LogP contribution >= 0.6 is 0 Å². The number of carbonyl (C=O) groups is 1. The van der Waals surface area contributed by atoms with Gasteiger partial charge >= 0.3 is 12.1 Å². The van der Waals surface area contributed by atoms with Gasteiger partial charge in [0.05, 0.1) is 6.10 Å². The van der Waals surface area contributed by atoms with Crippen LogP contribution in [0.1, 0.15) is 52.9 Å². The van der Waals surface area contributed by atoms with Gasteiger partial charge in [0.1, 0.15) is 0 Å². The Labute approximate surface area is 152 Å². The smallest absolute Gasteiger partial charge is 0.405 e. The van der Waals surface area contributed by atoms with Gasteiger partial charge in [-0.05, 0) is 54.8 Å². The first-order valence-corrected chi connectivity index (χ1v) is 9.54. The summed E-state index contributed by atoms with van der Waals surface area (Å²) >= 11 is 0. The fourth-order valence-corrected chi connectivity index (χ4v) is 6.49. The van der Waals surface area contributed by atoms with Crippen molar-refractivity contribution in [1.29, 1.82) is 0 Å². The molecular weight excluding hydrogens is 345 g/mol. The lowest BCUT2D eigenvalue weighted by molar-refractivity contribution is -0.250. The van der Waals surface area contributed by atoms with Gasteiger partial charge in [-0.25, -0.2) is 0 Å². The van der Waals surface area contributed by atoms with Crippen molar-refractivity contribution in [2.45, 2.75) is 65.2 Å². The number of allylic oxidation sites excluding steroid dienone is 2. The quantitative estimate of drug-likeness (QED) is 0.401. The van der Waals surface area contributed by atoms with Crippen LogP contribution in [0.25, 0.3) is 0 Å². The highest BCUT2D eigenvalue weighted by molar-refractivity contribution is 5.79. The highest BCUT2D eigenvalue weighted by atomic mass is 19.4. The Hall–Kier alpha value is -1.04. The number of fused-ring (bicyclic) bond motifs is 4. The van der Waals surface area contributed by atoms with Crippen LogP contribution in [0.4, 0.5) is 13.2 Å². The maximum Gasteiger partial charge on any atom is 0.405 e. The Balaban J connectivity index is 1.43. The molecule has 0 aliphatic heterocycles. The summed E-state index contributed by atoms with van der Waals surface area (Å²) in [5.41, 5.74) is -2.42. The standard InChI is InChI=1S/C20H27F3O3/c1-17(2)14-6-7-18(3,10-14)15(17)25-11-26-16(24)19(20(21,22)23)9-12-4-5-13(19)8-12/h4-5,12-15H,6-11H2,1-3H3. The van der Waals surface area contributed by atoms with Crippen LogP contribution in [0.15, 0.2) is 12.2 Å². The molecule has 26 heavy (non-hydrogen) atoms. The Bertz CT molecular complexity index is 636. The molecule has 0 radical (unpaired) electrons. The maximum absolute atomic E-state index is 13.8. The van der Waals surface area contributed by atoms with Crippen molar-refractivity contribution in [3.63, 3.8) is 0 Å². The van der Waals surface area contributed by atoms with E-state index in [-0.39, 0.29) is 29.3 Å². The number of halogens is 3. The summed E-state index contributed by atoms with van der Waals surface area (Å²) in [5.74, 6) is -1.60. The molecule has 6 atom stereocenters. The van der Waals surface area contributed by atoms with E-state index in [9.17, 15) is 18.0 Å². The van der Waals surface area contributed by atoms with Gasteiger partial charge in [0, 0.05) is 5.92 Å². The molecule has 0 heterocycles. The molecule has 4 aliphatic carbocycles. The first kappa shape index (κ1) is 18.3. The Morgan fingerprint density at radius 1 is 1.19 bits per heavy atom. The summed E-state index contributed by atoms with van der Waals surface area (Å²) in [4.78, 5) is 12.5. The molecule has 146 valence electrons. The lowest BCUT2D eigenvalue weighted by Gasteiger charge is -2.42. The minimum Gasteiger partial charge on any atom is -0.438 e. The number of hydrogen-bond donors (Lipinski definition) is 0. The minimum atomic E-state index is -4.61. The maximum atomic E-state index is 13.8. The largest absolute Gasteiger partial charge is 0.438 e. The van der Waals surface area contributed by atoms with E-state index in [4.69, 9.17) is 9.47 Å². The second kappa shape index (κ2) is 5.49. The van der Waals surface area contributed by atoms with E-state index in [2.05, 4.69) is 20.8 Å². The summed E-state index contributed by atoms with van der Waals surface area (Å²) in [6.07, 6.45) is 2.09. The molecule has 4 bridgehead atoms. The molecule has 0 spiro atoms. The van der Waals surface area contributed by atoms with Crippen LogP contribution in [0.2, 0.25) is 0 Å². The zero-order chi connectivity index (χ0) is 19.0. The fourth-order valence-electron chi connectivity index (χ4n) is 6.49. The summed E-state index contributed by atoms with van der Waals surface area (Å²) in [5, 5.41) is 0. The number of alkyl halides is 3. The van der Waals surface area contributed by atoms with Crippen LogP contribution in [-0.2, 0) is 14.3 Å². The predicted octanol–water partition coefficient (Wildman–Crippen LogP) is 4.86. The van der Waals surface area contributed by atoms with E-state index in [0.29, 0.717) is 12.3 Å². The van der Waals surface area contributed by atoms with Crippen molar-refractivity contribution in [1.82, 2.24) is 0 Å². The van der Waals surface area contributed by atoms with Crippen LogP contribution < -0.4 is 0 Å². The van der Waals surface area contributed by atoms with Gasteiger partial charge < -0.3 is 9.47 Å². The lowest BCUT2D eigenvalue weighted by Crippen LogP contribution is -2.49. The number of ether oxygens (including phenoxy) is 2. The third kappa shape index (κ3) is 2.33. The normalized spacial score (nSPS) is 45.5. The van der Waals surface area contributed by atoms with Crippen LogP contribution in [0.3, 0.4) is 0 Å². The van der Waals surface area contributed by atoms with Gasteiger partial charge in [0.25, 0.3) is 0 Å². The van der Waals surface area contributed by atoms with Crippen molar-refractivity contribution >= 4 is 5.97 Å². The first-order valence-electron chi connectivity index (χ1n) is 9.54. The topological polar surface area (TPSA) is 35.5 Å². The van der Waals surface area contributed by atoms with E-state index >= 15 is 0 Å². The molecule has 4 rings (SSSR count). The molecule has 4 aliphatic rings. The minimum absolute atomic E-state index is 0.0253. The third-order valence-corrected chi connectivity index (χ3v) is 7.82. The zero-order valence-corrected chi connectivity index (χ0v) is 15.6. The molecule has 0 aromatic heterocycles. The van der Waals surface area contributed by atoms with E-state index in [0.717, 1.165) is 19.3 Å². The lowest BCUT2D eigenvalue weighted by atomic mass is 9.70. The van der Waals surface area contributed by atoms with Gasteiger partial charge in [0.15, 0.2) is 12.2 Å². The number of carbonyl (C=O) groups excluding carboxylic acids is 1. The highest BCUT2D eigenvalue weighted by Gasteiger charge is 2.69. The van der Waals surface area contributed by atoms with Crippen molar-refractivity contribution in [3.8, 4) is 0 Å². The molecular formula is C20H27F3O3. The monoisotopic (exact) mass is 372 g/mol. The van der Waals surface area contributed by atoms with Crippen molar-refractivity contribution < 1.29 is 27.4 Å². The van der Waals surface area contributed by atoms with Crippen LogP contribution in [0.5, 0.6) is 0 Å². The Kier molecular flexibility index (Phi) is 3.87. The molecule has 0 N–H and O–H groups in total. The second-order valence-corrected chi connectivity index (χ2v) is 9.67. The summed E-state index contributed by atoms with van der Waals surface area (Å²) in [7, 11) is 0. The van der Waals surface area contributed by atoms with Crippen molar-refractivity contribution in [3.05, 3.63) is 12.2 Å². The molecule has 0 aromatic rings. The van der Waals surface area contributed by atoms with Gasteiger partial charge in [-0.2, -0.15) is 13.2 Å².